The van der Waals surface area contributed by atoms with Gasteiger partial charge in [-0.3, -0.25) is 0 Å². The second-order valence-electron chi connectivity index (χ2n) is 4.64. The molecule has 2 heterocycles. The molecule has 5 nitrogen and oxygen atoms in total. The van der Waals surface area contributed by atoms with Crippen LogP contribution in [0.5, 0.6) is 0 Å². The number of likely N-dealkylation sites (N-methyl/N-ethyl adjacent to an activating group) is 1. The average molecular weight is 236 g/mol. The molecule has 1 aliphatic rings. The summed E-state index contributed by atoms with van der Waals surface area (Å²) in [6.07, 6.45) is 2.09. The maximum atomic E-state index is 5.74. The van der Waals surface area contributed by atoms with Gasteiger partial charge in [-0.1, -0.05) is 0 Å². The van der Waals surface area contributed by atoms with Crippen LogP contribution in [0.2, 0.25) is 0 Å². The molecule has 1 fully saturated rings. The lowest BCUT2D eigenvalue weighted by Crippen LogP contribution is -2.46. The van der Waals surface area contributed by atoms with E-state index in [2.05, 4.69) is 28.9 Å². The second kappa shape index (κ2) is 5.33. The summed E-state index contributed by atoms with van der Waals surface area (Å²) in [6.45, 7) is 3.53. The average Bonchev–Trinajstić information content (AvgIpc) is 2.29. The number of morpholine rings is 1. The highest BCUT2D eigenvalue weighted by Gasteiger charge is 2.21. The van der Waals surface area contributed by atoms with Gasteiger partial charge in [0, 0.05) is 19.6 Å². The molecule has 2 rings (SSSR count). The number of rotatable bonds is 3. The van der Waals surface area contributed by atoms with Gasteiger partial charge in [-0.25, -0.2) is 4.98 Å². The maximum absolute atomic E-state index is 5.74. The van der Waals surface area contributed by atoms with Gasteiger partial charge >= 0.3 is 0 Å². The molecular weight excluding hydrogens is 216 g/mol. The third-order valence-corrected chi connectivity index (χ3v) is 2.84. The summed E-state index contributed by atoms with van der Waals surface area (Å²) in [5.74, 6) is 0.562. The minimum Gasteiger partial charge on any atom is -0.384 e. The first-order valence-corrected chi connectivity index (χ1v) is 5.88. The summed E-state index contributed by atoms with van der Waals surface area (Å²) in [6, 6.07) is 3.85. The van der Waals surface area contributed by atoms with E-state index in [1.807, 2.05) is 18.3 Å². The van der Waals surface area contributed by atoms with E-state index in [4.69, 9.17) is 10.5 Å². The Bertz CT molecular complexity index is 352. The Morgan fingerprint density at radius 2 is 2.35 bits per heavy atom. The van der Waals surface area contributed by atoms with Gasteiger partial charge < -0.3 is 20.3 Å². The topological polar surface area (TPSA) is 54.6 Å². The van der Waals surface area contributed by atoms with Crippen molar-refractivity contribution >= 4 is 11.5 Å². The quantitative estimate of drug-likeness (QED) is 0.825. The number of nitrogen functional groups attached to an aromatic ring is 1. The summed E-state index contributed by atoms with van der Waals surface area (Å²) in [5, 5.41) is 0. The lowest BCUT2D eigenvalue weighted by molar-refractivity contribution is 0.0247. The molecule has 1 aliphatic heterocycles. The van der Waals surface area contributed by atoms with Gasteiger partial charge in [0.25, 0.3) is 0 Å². The third-order valence-electron chi connectivity index (χ3n) is 2.84. The zero-order chi connectivity index (χ0) is 12.3. The van der Waals surface area contributed by atoms with Crippen LogP contribution >= 0.6 is 0 Å². The first-order chi connectivity index (χ1) is 8.15. The fourth-order valence-electron chi connectivity index (χ4n) is 2.06. The number of ether oxygens (including phenoxy) is 1. The normalized spacial score (nSPS) is 20.9. The summed E-state index contributed by atoms with van der Waals surface area (Å²) >= 11 is 0. The van der Waals surface area contributed by atoms with Gasteiger partial charge in [0.05, 0.1) is 24.6 Å². The van der Waals surface area contributed by atoms with Crippen molar-refractivity contribution in [2.75, 3.05) is 51.0 Å². The Balaban J connectivity index is 1.99. The minimum atomic E-state index is 0.260. The molecule has 94 valence electrons. The lowest BCUT2D eigenvalue weighted by atomic mass is 10.2. The molecule has 0 aromatic carbocycles. The van der Waals surface area contributed by atoms with Crippen LogP contribution in [0.25, 0.3) is 0 Å². The van der Waals surface area contributed by atoms with E-state index in [1.165, 1.54) is 0 Å². The Morgan fingerprint density at radius 1 is 1.53 bits per heavy atom. The highest BCUT2D eigenvalue weighted by molar-refractivity contribution is 5.48. The standard InChI is InChI=1S/C12H20N4O/c1-15(2)8-11-9-16(5-6-17-11)10-3-4-12(13)14-7-10/h3-4,7,11H,5-6,8-9H2,1-2H3,(H2,13,14). The molecule has 0 amide bonds. The van der Waals surface area contributed by atoms with Gasteiger partial charge in [-0.05, 0) is 26.2 Å². The van der Waals surface area contributed by atoms with Crippen molar-refractivity contribution in [2.45, 2.75) is 6.10 Å². The van der Waals surface area contributed by atoms with Gasteiger partial charge in [0.2, 0.25) is 0 Å². The fraction of sp³-hybridized carbons (Fsp3) is 0.583. The number of nitrogens with two attached hydrogens (primary N) is 1. The SMILES string of the molecule is CN(C)CC1CN(c2ccc(N)nc2)CCO1. The minimum absolute atomic E-state index is 0.260. The Morgan fingerprint density at radius 3 is 3.00 bits per heavy atom. The van der Waals surface area contributed by atoms with Gasteiger partial charge in [0.1, 0.15) is 5.82 Å². The van der Waals surface area contributed by atoms with Crippen LogP contribution in [0.15, 0.2) is 18.3 Å². The number of hydrogen-bond acceptors (Lipinski definition) is 5. The number of nitrogens with zero attached hydrogens (tertiary/aromatic N) is 3. The number of hydrogen-bond donors (Lipinski definition) is 1. The van der Waals surface area contributed by atoms with Crippen LogP contribution in [0.3, 0.4) is 0 Å². The predicted molar refractivity (Wildman–Crippen MR) is 69.2 cm³/mol. The van der Waals surface area contributed by atoms with Crippen molar-refractivity contribution in [1.29, 1.82) is 0 Å². The third kappa shape index (κ3) is 3.31. The molecule has 1 saturated heterocycles. The largest absolute Gasteiger partial charge is 0.384 e. The van der Waals surface area contributed by atoms with Crippen molar-refractivity contribution in [2.24, 2.45) is 0 Å². The van der Waals surface area contributed by atoms with E-state index in [-0.39, 0.29) is 6.10 Å². The predicted octanol–water partition coefficient (Wildman–Crippen LogP) is 0.431. The van der Waals surface area contributed by atoms with E-state index in [0.29, 0.717) is 5.82 Å². The molecule has 2 N–H and O–H groups in total. The molecule has 0 aliphatic carbocycles. The lowest BCUT2D eigenvalue weighted by Gasteiger charge is -2.35. The number of pyridine rings is 1. The molecule has 1 unspecified atom stereocenters. The molecule has 5 heteroatoms. The molecule has 1 aromatic rings. The Labute approximate surface area is 102 Å². The highest BCUT2D eigenvalue weighted by Crippen LogP contribution is 2.17. The van der Waals surface area contributed by atoms with E-state index in [9.17, 15) is 0 Å². The Hall–Kier alpha value is -1.33. The number of aromatic nitrogens is 1. The summed E-state index contributed by atoms with van der Waals surface area (Å²) in [5.41, 5.74) is 6.71. The molecule has 0 radical (unpaired) electrons. The fourth-order valence-corrected chi connectivity index (χ4v) is 2.06. The van der Waals surface area contributed by atoms with Crippen LogP contribution in [-0.2, 0) is 4.74 Å². The molecule has 0 spiro atoms. The van der Waals surface area contributed by atoms with Crippen molar-refractivity contribution in [3.05, 3.63) is 18.3 Å². The van der Waals surface area contributed by atoms with Crippen molar-refractivity contribution < 1.29 is 4.74 Å². The first kappa shape index (κ1) is 12.1. The maximum Gasteiger partial charge on any atom is 0.123 e. The summed E-state index contributed by atoms with van der Waals surface area (Å²) in [7, 11) is 4.13. The van der Waals surface area contributed by atoms with E-state index >= 15 is 0 Å². The smallest absolute Gasteiger partial charge is 0.123 e. The zero-order valence-corrected chi connectivity index (χ0v) is 10.5. The van der Waals surface area contributed by atoms with E-state index < -0.39 is 0 Å². The van der Waals surface area contributed by atoms with E-state index in [1.54, 1.807) is 0 Å². The highest BCUT2D eigenvalue weighted by atomic mass is 16.5. The molecular formula is C12H20N4O. The van der Waals surface area contributed by atoms with Gasteiger partial charge in [-0.15, -0.1) is 0 Å². The molecule has 0 saturated carbocycles. The van der Waals surface area contributed by atoms with Crippen LogP contribution in [0.1, 0.15) is 0 Å². The number of anilines is 2. The molecule has 0 bridgehead atoms. The molecule has 17 heavy (non-hydrogen) atoms. The van der Waals surface area contributed by atoms with Crippen molar-refractivity contribution in [3.63, 3.8) is 0 Å². The summed E-state index contributed by atoms with van der Waals surface area (Å²) in [4.78, 5) is 8.57. The van der Waals surface area contributed by atoms with Gasteiger partial charge in [0.15, 0.2) is 0 Å². The van der Waals surface area contributed by atoms with Crippen LogP contribution in [-0.4, -0.2) is 56.3 Å². The molecule has 1 atom stereocenters. The summed E-state index contributed by atoms with van der Waals surface area (Å²) < 4.78 is 5.74. The van der Waals surface area contributed by atoms with E-state index in [0.717, 1.165) is 31.9 Å². The van der Waals surface area contributed by atoms with Crippen LogP contribution in [0, 0.1) is 0 Å². The molecule has 1 aromatic heterocycles. The van der Waals surface area contributed by atoms with Crippen molar-refractivity contribution in [1.82, 2.24) is 9.88 Å². The van der Waals surface area contributed by atoms with Crippen molar-refractivity contribution in [3.8, 4) is 0 Å². The Kier molecular flexibility index (Phi) is 3.81. The van der Waals surface area contributed by atoms with Crippen LogP contribution < -0.4 is 10.6 Å². The first-order valence-electron chi connectivity index (χ1n) is 5.88. The van der Waals surface area contributed by atoms with Gasteiger partial charge in [-0.2, -0.15) is 0 Å². The monoisotopic (exact) mass is 236 g/mol. The zero-order valence-electron chi connectivity index (χ0n) is 10.5. The van der Waals surface area contributed by atoms with Crippen LogP contribution in [0.4, 0.5) is 11.5 Å². The second-order valence-corrected chi connectivity index (χ2v) is 4.64.